The highest BCUT2D eigenvalue weighted by atomic mass is 16.4. The highest BCUT2D eigenvalue weighted by Crippen LogP contribution is 2.29. The molecule has 0 aliphatic heterocycles. The Morgan fingerprint density at radius 3 is 2.67 bits per heavy atom. The Hall–Kier alpha value is -1.91. The molecule has 1 rings (SSSR count). The molecule has 0 aliphatic rings. The molecule has 0 aromatic heterocycles. The lowest BCUT2D eigenvalue weighted by molar-refractivity contribution is 0.0694. The summed E-state index contributed by atoms with van der Waals surface area (Å²) in [5.41, 5.74) is 6.30. The molecule has 0 amide bonds. The molecule has 5 nitrogen and oxygen atoms in total. The monoisotopic (exact) mass is 166 g/mol. The van der Waals surface area contributed by atoms with Gasteiger partial charge in [-0.15, -0.1) is 0 Å². The van der Waals surface area contributed by atoms with Gasteiger partial charge in [-0.2, -0.15) is 5.11 Å². The molecule has 1 aromatic rings. The number of hydrogen-bond acceptors (Lipinski definition) is 4. The number of nitrogens with zero attached hydrogens (tertiary/aromatic N) is 1. The molecule has 0 heterocycles. The molecule has 0 saturated carbocycles. The third-order valence-corrected chi connectivity index (χ3v) is 1.37. The number of benzene rings is 1. The molecule has 0 fully saturated rings. The van der Waals surface area contributed by atoms with Gasteiger partial charge in [-0.05, 0) is 12.1 Å². The summed E-state index contributed by atoms with van der Waals surface area (Å²) in [6.45, 7) is 0. The van der Waals surface area contributed by atoms with Crippen molar-refractivity contribution in [2.45, 2.75) is 0 Å². The fourth-order valence-corrected chi connectivity index (χ4v) is 0.794. The highest BCUT2D eigenvalue weighted by Gasteiger charge is 2.11. The van der Waals surface area contributed by atoms with E-state index in [4.69, 9.17) is 15.7 Å². The van der Waals surface area contributed by atoms with Gasteiger partial charge in [0.15, 0.2) is 5.75 Å². The van der Waals surface area contributed by atoms with Gasteiger partial charge in [0, 0.05) is 0 Å². The molecular formula is C7H6N2O3. The first-order chi connectivity index (χ1) is 5.66. The minimum absolute atomic E-state index is 0.0464. The van der Waals surface area contributed by atoms with Crippen LogP contribution >= 0.6 is 0 Å². The molecule has 5 heteroatoms. The maximum Gasteiger partial charge on any atom is 0.339 e. The lowest BCUT2D eigenvalue weighted by Gasteiger charge is -1.99. The van der Waals surface area contributed by atoms with Crippen LogP contribution in [0.1, 0.15) is 10.4 Å². The van der Waals surface area contributed by atoms with Gasteiger partial charge >= 0.3 is 5.97 Å². The van der Waals surface area contributed by atoms with Crippen molar-refractivity contribution in [2.24, 2.45) is 5.11 Å². The zero-order chi connectivity index (χ0) is 9.14. The summed E-state index contributed by atoms with van der Waals surface area (Å²) in [7, 11) is 0. The van der Waals surface area contributed by atoms with Crippen molar-refractivity contribution in [1.29, 1.82) is 5.53 Å². The quantitative estimate of drug-likeness (QED) is 0.584. The van der Waals surface area contributed by atoms with Crippen LogP contribution in [0, 0.1) is 5.53 Å². The second kappa shape index (κ2) is 3.00. The normalized spacial score (nSPS) is 9.33. The fourth-order valence-electron chi connectivity index (χ4n) is 0.794. The molecule has 1 aromatic carbocycles. The smallest absolute Gasteiger partial charge is 0.339 e. The van der Waals surface area contributed by atoms with E-state index >= 15 is 0 Å². The molecule has 0 saturated heterocycles. The van der Waals surface area contributed by atoms with E-state index in [0.29, 0.717) is 0 Å². The Balaban J connectivity index is 3.32. The Morgan fingerprint density at radius 1 is 1.50 bits per heavy atom. The van der Waals surface area contributed by atoms with E-state index in [1.165, 1.54) is 18.2 Å². The van der Waals surface area contributed by atoms with E-state index in [2.05, 4.69) is 5.11 Å². The van der Waals surface area contributed by atoms with Gasteiger partial charge < -0.3 is 10.2 Å². The first-order valence-corrected chi connectivity index (χ1v) is 3.09. The first-order valence-electron chi connectivity index (χ1n) is 3.09. The SMILES string of the molecule is N=Nc1cccc(C(=O)O)c1O. The van der Waals surface area contributed by atoms with Crippen molar-refractivity contribution in [3.8, 4) is 5.75 Å². The van der Waals surface area contributed by atoms with Crippen molar-refractivity contribution >= 4 is 11.7 Å². The third-order valence-electron chi connectivity index (χ3n) is 1.37. The van der Waals surface area contributed by atoms with E-state index in [1.807, 2.05) is 0 Å². The number of para-hydroxylation sites is 1. The average Bonchev–Trinajstić information content (AvgIpc) is 2.04. The van der Waals surface area contributed by atoms with Gasteiger partial charge in [0.1, 0.15) is 11.3 Å². The summed E-state index contributed by atoms with van der Waals surface area (Å²) in [6.07, 6.45) is 0. The highest BCUT2D eigenvalue weighted by molar-refractivity contribution is 5.92. The van der Waals surface area contributed by atoms with Crippen LogP contribution in [0.25, 0.3) is 0 Å². The zero-order valence-electron chi connectivity index (χ0n) is 5.98. The zero-order valence-corrected chi connectivity index (χ0v) is 5.98. The van der Waals surface area contributed by atoms with Crippen molar-refractivity contribution < 1.29 is 15.0 Å². The van der Waals surface area contributed by atoms with Crippen LogP contribution in [0.3, 0.4) is 0 Å². The summed E-state index contributed by atoms with van der Waals surface area (Å²) < 4.78 is 0. The molecule has 0 unspecified atom stereocenters. The van der Waals surface area contributed by atoms with Gasteiger partial charge in [-0.25, -0.2) is 10.3 Å². The van der Waals surface area contributed by atoms with E-state index in [1.54, 1.807) is 0 Å². The Bertz CT molecular complexity index is 335. The molecule has 12 heavy (non-hydrogen) atoms. The fraction of sp³-hybridized carbons (Fsp3) is 0. The lowest BCUT2D eigenvalue weighted by atomic mass is 10.2. The van der Waals surface area contributed by atoms with Crippen LogP contribution in [0.4, 0.5) is 5.69 Å². The Morgan fingerprint density at radius 2 is 2.17 bits per heavy atom. The number of carbonyl (C=O) groups is 1. The van der Waals surface area contributed by atoms with Gasteiger partial charge in [0.05, 0.1) is 0 Å². The maximum atomic E-state index is 10.4. The second-order valence-corrected chi connectivity index (χ2v) is 2.09. The van der Waals surface area contributed by atoms with Crippen molar-refractivity contribution in [2.75, 3.05) is 0 Å². The largest absolute Gasteiger partial charge is 0.505 e. The van der Waals surface area contributed by atoms with Crippen LogP contribution in [0.15, 0.2) is 23.3 Å². The summed E-state index contributed by atoms with van der Waals surface area (Å²) in [5.74, 6) is -1.71. The maximum absolute atomic E-state index is 10.4. The molecule has 0 aliphatic carbocycles. The molecule has 0 atom stereocenters. The number of nitrogens with one attached hydrogen (secondary N) is 1. The number of aromatic hydroxyl groups is 1. The van der Waals surface area contributed by atoms with Crippen molar-refractivity contribution in [3.05, 3.63) is 23.8 Å². The van der Waals surface area contributed by atoms with Crippen LogP contribution < -0.4 is 0 Å². The molecule has 0 radical (unpaired) electrons. The number of rotatable bonds is 2. The Labute approximate surface area is 67.8 Å². The minimum Gasteiger partial charge on any atom is -0.505 e. The third kappa shape index (κ3) is 1.24. The topological polar surface area (TPSA) is 93.7 Å². The van der Waals surface area contributed by atoms with E-state index in [9.17, 15) is 4.79 Å². The van der Waals surface area contributed by atoms with Gasteiger partial charge in [0.25, 0.3) is 0 Å². The van der Waals surface area contributed by atoms with E-state index < -0.39 is 11.7 Å². The van der Waals surface area contributed by atoms with Gasteiger partial charge in [0.2, 0.25) is 0 Å². The number of carboxylic acid groups (broad SMARTS) is 1. The van der Waals surface area contributed by atoms with Gasteiger partial charge in [-0.1, -0.05) is 6.07 Å². The molecular weight excluding hydrogens is 160 g/mol. The summed E-state index contributed by atoms with van der Waals surface area (Å²) >= 11 is 0. The molecule has 3 N–H and O–H groups in total. The lowest BCUT2D eigenvalue weighted by Crippen LogP contribution is -1.95. The van der Waals surface area contributed by atoms with Crippen LogP contribution in [0.5, 0.6) is 5.75 Å². The molecule has 0 spiro atoms. The molecule has 0 bridgehead atoms. The summed E-state index contributed by atoms with van der Waals surface area (Å²) in [5, 5.41) is 20.6. The predicted octanol–water partition coefficient (Wildman–Crippen LogP) is 1.75. The number of phenols is 1. The van der Waals surface area contributed by atoms with Crippen molar-refractivity contribution in [1.82, 2.24) is 0 Å². The Kier molecular flexibility index (Phi) is 2.05. The summed E-state index contributed by atoms with van der Waals surface area (Å²) in [6, 6.07) is 4.01. The summed E-state index contributed by atoms with van der Waals surface area (Å²) in [4.78, 5) is 10.4. The van der Waals surface area contributed by atoms with E-state index in [-0.39, 0.29) is 11.3 Å². The number of hydrogen-bond donors (Lipinski definition) is 3. The van der Waals surface area contributed by atoms with Gasteiger partial charge in [-0.3, -0.25) is 0 Å². The van der Waals surface area contributed by atoms with Crippen LogP contribution in [-0.4, -0.2) is 16.2 Å². The van der Waals surface area contributed by atoms with Crippen LogP contribution in [-0.2, 0) is 0 Å². The molecule has 62 valence electrons. The number of aromatic carboxylic acids is 1. The first kappa shape index (κ1) is 8.19. The standard InChI is InChI=1S/C7H6N2O3/c8-9-5-3-1-2-4(6(5)10)7(11)12/h1-3,8,10H,(H,11,12). The number of carboxylic acids is 1. The predicted molar refractivity (Wildman–Crippen MR) is 39.9 cm³/mol. The minimum atomic E-state index is -1.24. The average molecular weight is 166 g/mol. The van der Waals surface area contributed by atoms with E-state index in [0.717, 1.165) is 0 Å². The second-order valence-electron chi connectivity index (χ2n) is 2.09. The van der Waals surface area contributed by atoms with Crippen LogP contribution in [0.2, 0.25) is 0 Å². The van der Waals surface area contributed by atoms with Crippen molar-refractivity contribution in [3.63, 3.8) is 0 Å².